The maximum Gasteiger partial charge on any atom is 0.274 e. The third-order valence-electron chi connectivity index (χ3n) is 3.64. The van der Waals surface area contributed by atoms with Crippen molar-refractivity contribution in [2.75, 3.05) is 38.0 Å². The van der Waals surface area contributed by atoms with Crippen molar-refractivity contribution in [3.8, 4) is 0 Å². The maximum atomic E-state index is 12.0. The number of hydrogen-bond donors (Lipinski definition) is 2. The van der Waals surface area contributed by atoms with Gasteiger partial charge in [0.25, 0.3) is 5.69 Å². The fraction of sp³-hybridized carbons (Fsp3) is 0.500. The second kappa shape index (κ2) is 7.14. The third-order valence-corrected chi connectivity index (χ3v) is 3.64. The van der Waals surface area contributed by atoms with E-state index in [1.54, 1.807) is 19.1 Å². The summed E-state index contributed by atoms with van der Waals surface area (Å²) in [6.45, 7) is 6.15. The van der Waals surface area contributed by atoms with Crippen molar-refractivity contribution in [1.29, 1.82) is 0 Å². The summed E-state index contributed by atoms with van der Waals surface area (Å²) in [4.78, 5) is 24.6. The van der Waals surface area contributed by atoms with E-state index in [9.17, 15) is 14.9 Å². The highest BCUT2D eigenvalue weighted by Gasteiger charge is 2.15. The van der Waals surface area contributed by atoms with Crippen molar-refractivity contribution in [2.45, 2.75) is 13.3 Å². The average Bonchev–Trinajstić information content (AvgIpc) is 2.48. The Morgan fingerprint density at radius 2 is 2.14 bits per heavy atom. The number of nitro groups is 1. The van der Waals surface area contributed by atoms with Gasteiger partial charge in [0, 0.05) is 45.2 Å². The molecule has 21 heavy (non-hydrogen) atoms. The molecule has 1 amide bonds. The minimum absolute atomic E-state index is 0.0231. The van der Waals surface area contributed by atoms with Gasteiger partial charge in [0.1, 0.15) is 0 Å². The predicted octanol–water partition coefficient (Wildman–Crippen LogP) is 1.14. The van der Waals surface area contributed by atoms with Gasteiger partial charge < -0.3 is 15.5 Å². The molecule has 1 aromatic carbocycles. The molecule has 1 aliphatic rings. The molecule has 114 valence electrons. The molecule has 0 spiro atoms. The van der Waals surface area contributed by atoms with Crippen LogP contribution in [0.4, 0.5) is 11.4 Å². The van der Waals surface area contributed by atoms with Crippen molar-refractivity contribution < 1.29 is 9.72 Å². The summed E-state index contributed by atoms with van der Waals surface area (Å²) >= 11 is 0. The topological polar surface area (TPSA) is 87.5 Å². The van der Waals surface area contributed by atoms with Crippen LogP contribution in [0.3, 0.4) is 0 Å². The van der Waals surface area contributed by atoms with Gasteiger partial charge in [-0.25, -0.2) is 0 Å². The van der Waals surface area contributed by atoms with Crippen LogP contribution >= 0.6 is 0 Å². The zero-order valence-corrected chi connectivity index (χ0v) is 12.1. The van der Waals surface area contributed by atoms with E-state index in [1.807, 2.05) is 0 Å². The number of anilines is 1. The molecule has 2 rings (SSSR count). The minimum Gasteiger partial charge on any atom is -0.326 e. The Kier molecular flexibility index (Phi) is 5.24. The minimum atomic E-state index is -0.439. The second-order valence-corrected chi connectivity index (χ2v) is 5.10. The SMILES string of the molecule is Cc1c(NC(=O)CCN2CCNCC2)cccc1[N+](=O)[O-]. The number of carbonyl (C=O) groups excluding carboxylic acids is 1. The lowest BCUT2D eigenvalue weighted by Crippen LogP contribution is -2.44. The number of carbonyl (C=O) groups is 1. The standard InChI is InChI=1S/C14H20N4O3/c1-11-12(3-2-4-13(11)18(20)21)16-14(19)5-8-17-9-6-15-7-10-17/h2-4,15H,5-10H2,1H3,(H,16,19). The van der Waals surface area contributed by atoms with Crippen LogP contribution < -0.4 is 10.6 Å². The molecular weight excluding hydrogens is 272 g/mol. The molecular formula is C14H20N4O3. The van der Waals surface area contributed by atoms with Crippen molar-refractivity contribution in [3.63, 3.8) is 0 Å². The van der Waals surface area contributed by atoms with Gasteiger partial charge in [-0.1, -0.05) is 6.07 Å². The fourth-order valence-corrected chi connectivity index (χ4v) is 2.36. The molecule has 1 fully saturated rings. The molecule has 7 heteroatoms. The second-order valence-electron chi connectivity index (χ2n) is 5.10. The Hall–Kier alpha value is -1.99. The lowest BCUT2D eigenvalue weighted by molar-refractivity contribution is -0.385. The van der Waals surface area contributed by atoms with Crippen molar-refractivity contribution >= 4 is 17.3 Å². The van der Waals surface area contributed by atoms with E-state index in [-0.39, 0.29) is 11.6 Å². The Bertz CT molecular complexity index is 527. The molecule has 7 nitrogen and oxygen atoms in total. The normalized spacial score (nSPS) is 15.7. The van der Waals surface area contributed by atoms with E-state index in [0.29, 0.717) is 24.2 Å². The Morgan fingerprint density at radius 3 is 2.81 bits per heavy atom. The van der Waals surface area contributed by atoms with Gasteiger partial charge in [-0.3, -0.25) is 14.9 Å². The van der Waals surface area contributed by atoms with Gasteiger partial charge in [-0.2, -0.15) is 0 Å². The van der Waals surface area contributed by atoms with E-state index in [0.717, 1.165) is 26.2 Å². The lowest BCUT2D eigenvalue weighted by Gasteiger charge is -2.26. The number of nitro benzene ring substituents is 1. The zero-order chi connectivity index (χ0) is 15.2. The summed E-state index contributed by atoms with van der Waals surface area (Å²) < 4.78 is 0. The van der Waals surface area contributed by atoms with Gasteiger partial charge in [0.2, 0.25) is 5.91 Å². The molecule has 1 aromatic rings. The van der Waals surface area contributed by atoms with Gasteiger partial charge in [0.15, 0.2) is 0 Å². The van der Waals surface area contributed by atoms with E-state index in [4.69, 9.17) is 0 Å². The monoisotopic (exact) mass is 292 g/mol. The summed E-state index contributed by atoms with van der Waals surface area (Å²) in [5, 5.41) is 16.9. The number of benzene rings is 1. The highest BCUT2D eigenvalue weighted by atomic mass is 16.6. The smallest absolute Gasteiger partial charge is 0.274 e. The van der Waals surface area contributed by atoms with Gasteiger partial charge >= 0.3 is 0 Å². The largest absolute Gasteiger partial charge is 0.326 e. The van der Waals surface area contributed by atoms with Crippen LogP contribution in [-0.2, 0) is 4.79 Å². The molecule has 0 saturated carbocycles. The Morgan fingerprint density at radius 1 is 1.43 bits per heavy atom. The molecule has 2 N–H and O–H groups in total. The quantitative estimate of drug-likeness (QED) is 0.627. The first kappa shape index (κ1) is 15.4. The average molecular weight is 292 g/mol. The van der Waals surface area contributed by atoms with Gasteiger partial charge in [0.05, 0.1) is 16.2 Å². The van der Waals surface area contributed by atoms with Crippen LogP contribution in [0.15, 0.2) is 18.2 Å². The third kappa shape index (κ3) is 4.24. The van der Waals surface area contributed by atoms with Crippen LogP contribution in [0.1, 0.15) is 12.0 Å². The summed E-state index contributed by atoms with van der Waals surface area (Å²) in [7, 11) is 0. The fourth-order valence-electron chi connectivity index (χ4n) is 2.36. The van der Waals surface area contributed by atoms with Crippen molar-refractivity contribution in [2.24, 2.45) is 0 Å². The number of amides is 1. The van der Waals surface area contributed by atoms with E-state index >= 15 is 0 Å². The van der Waals surface area contributed by atoms with Gasteiger partial charge in [-0.15, -0.1) is 0 Å². The maximum absolute atomic E-state index is 12.0. The number of rotatable bonds is 5. The molecule has 0 unspecified atom stereocenters. The number of hydrogen-bond acceptors (Lipinski definition) is 5. The zero-order valence-electron chi connectivity index (χ0n) is 12.1. The first-order chi connectivity index (χ1) is 10.1. The van der Waals surface area contributed by atoms with Crippen LogP contribution in [0, 0.1) is 17.0 Å². The first-order valence-corrected chi connectivity index (χ1v) is 7.05. The summed E-state index contributed by atoms with van der Waals surface area (Å²) in [5.74, 6) is -0.114. The summed E-state index contributed by atoms with van der Waals surface area (Å²) in [5.41, 5.74) is 1.02. The molecule has 1 aliphatic heterocycles. The van der Waals surface area contributed by atoms with Crippen LogP contribution in [0.5, 0.6) is 0 Å². The predicted molar refractivity (Wildman–Crippen MR) is 80.4 cm³/mol. The lowest BCUT2D eigenvalue weighted by atomic mass is 10.1. The van der Waals surface area contributed by atoms with Crippen LogP contribution in [-0.4, -0.2) is 48.5 Å². The van der Waals surface area contributed by atoms with E-state index in [2.05, 4.69) is 15.5 Å². The Labute approximate surface area is 123 Å². The summed E-state index contributed by atoms with van der Waals surface area (Å²) in [6.07, 6.45) is 0.391. The van der Waals surface area contributed by atoms with Crippen molar-refractivity contribution in [1.82, 2.24) is 10.2 Å². The molecule has 0 atom stereocenters. The highest BCUT2D eigenvalue weighted by Crippen LogP contribution is 2.25. The van der Waals surface area contributed by atoms with E-state index in [1.165, 1.54) is 6.07 Å². The number of piperazine rings is 1. The molecule has 1 heterocycles. The van der Waals surface area contributed by atoms with Crippen LogP contribution in [0.2, 0.25) is 0 Å². The molecule has 0 aromatic heterocycles. The van der Waals surface area contributed by atoms with Crippen LogP contribution in [0.25, 0.3) is 0 Å². The molecule has 0 aliphatic carbocycles. The Balaban J connectivity index is 1.90. The highest BCUT2D eigenvalue weighted by molar-refractivity contribution is 5.92. The van der Waals surface area contributed by atoms with E-state index < -0.39 is 4.92 Å². The number of nitrogens with one attached hydrogen (secondary N) is 2. The summed E-state index contributed by atoms with van der Waals surface area (Å²) in [6, 6.07) is 4.70. The molecule has 1 saturated heterocycles. The first-order valence-electron chi connectivity index (χ1n) is 7.05. The number of nitrogens with zero attached hydrogens (tertiary/aromatic N) is 2. The molecule has 0 radical (unpaired) electrons. The van der Waals surface area contributed by atoms with Crippen molar-refractivity contribution in [3.05, 3.63) is 33.9 Å². The van der Waals surface area contributed by atoms with Gasteiger partial charge in [-0.05, 0) is 13.0 Å². The molecule has 0 bridgehead atoms.